The summed E-state index contributed by atoms with van der Waals surface area (Å²) in [4.78, 5) is 0. The zero-order chi connectivity index (χ0) is 14.0. The Kier molecular flexibility index (Phi) is 5.03. The summed E-state index contributed by atoms with van der Waals surface area (Å²) in [6, 6.07) is 6.36. The molecule has 1 aliphatic carbocycles. The minimum Gasteiger partial charge on any atom is -0.382 e. The molecule has 0 saturated heterocycles. The molecular formula is C16H23Cl2N. The van der Waals surface area contributed by atoms with Gasteiger partial charge in [-0.05, 0) is 48.8 Å². The first kappa shape index (κ1) is 15.0. The van der Waals surface area contributed by atoms with Crippen molar-refractivity contribution in [2.24, 2.45) is 17.8 Å². The molecule has 1 aromatic rings. The molecule has 3 heteroatoms. The normalized spacial score (nSPS) is 27.6. The van der Waals surface area contributed by atoms with Crippen molar-refractivity contribution in [1.82, 2.24) is 0 Å². The fourth-order valence-corrected chi connectivity index (χ4v) is 3.47. The quantitative estimate of drug-likeness (QED) is 0.736. The molecule has 0 radical (unpaired) electrons. The van der Waals surface area contributed by atoms with E-state index < -0.39 is 0 Å². The van der Waals surface area contributed by atoms with E-state index >= 15 is 0 Å². The van der Waals surface area contributed by atoms with Crippen LogP contribution in [0.15, 0.2) is 18.2 Å². The number of hydrogen-bond acceptors (Lipinski definition) is 1. The van der Waals surface area contributed by atoms with Gasteiger partial charge in [0, 0.05) is 11.7 Å². The lowest BCUT2D eigenvalue weighted by atomic mass is 9.74. The molecule has 0 heterocycles. The van der Waals surface area contributed by atoms with Crippen LogP contribution in [0.3, 0.4) is 0 Å². The summed E-state index contributed by atoms with van der Waals surface area (Å²) in [6.07, 6.45) is 3.91. The first-order chi connectivity index (χ1) is 8.97. The predicted octanol–water partition coefficient (Wildman–Crippen LogP) is 5.87. The second-order valence-electron chi connectivity index (χ2n) is 6.21. The third-order valence-corrected chi connectivity index (χ3v) is 5.03. The van der Waals surface area contributed by atoms with E-state index in [4.69, 9.17) is 23.2 Å². The molecule has 3 unspecified atom stereocenters. The first-order valence-corrected chi connectivity index (χ1v) is 7.94. The molecular weight excluding hydrogens is 277 g/mol. The van der Waals surface area contributed by atoms with Crippen molar-refractivity contribution in [3.8, 4) is 0 Å². The van der Waals surface area contributed by atoms with Crippen LogP contribution in [0.1, 0.15) is 40.0 Å². The van der Waals surface area contributed by atoms with Gasteiger partial charge in [-0.25, -0.2) is 0 Å². The lowest BCUT2D eigenvalue weighted by molar-refractivity contribution is 0.212. The Hall–Kier alpha value is -0.400. The van der Waals surface area contributed by atoms with Crippen molar-refractivity contribution >= 4 is 28.9 Å². The summed E-state index contributed by atoms with van der Waals surface area (Å²) in [7, 11) is 0. The van der Waals surface area contributed by atoms with Crippen LogP contribution in [0.2, 0.25) is 10.0 Å². The Morgan fingerprint density at radius 1 is 1.16 bits per heavy atom. The van der Waals surface area contributed by atoms with Gasteiger partial charge in [-0.1, -0.05) is 50.4 Å². The summed E-state index contributed by atoms with van der Waals surface area (Å²) in [5, 5.41) is 4.90. The minimum atomic E-state index is 0.543. The van der Waals surface area contributed by atoms with Crippen LogP contribution in [0.25, 0.3) is 0 Å². The molecule has 106 valence electrons. The van der Waals surface area contributed by atoms with E-state index in [1.54, 1.807) is 0 Å². The van der Waals surface area contributed by atoms with E-state index in [1.807, 2.05) is 18.2 Å². The monoisotopic (exact) mass is 299 g/mol. The van der Waals surface area contributed by atoms with E-state index in [9.17, 15) is 0 Å². The summed E-state index contributed by atoms with van der Waals surface area (Å²) in [5.74, 6) is 2.26. The first-order valence-electron chi connectivity index (χ1n) is 7.19. The van der Waals surface area contributed by atoms with Crippen molar-refractivity contribution in [2.45, 2.75) is 46.1 Å². The number of hydrogen-bond donors (Lipinski definition) is 1. The SMILES string of the molecule is CC1CCC(C(C)C)C(Nc2ccc(Cl)c(Cl)c2)C1. The fraction of sp³-hybridized carbons (Fsp3) is 0.625. The Morgan fingerprint density at radius 2 is 1.89 bits per heavy atom. The largest absolute Gasteiger partial charge is 0.382 e. The minimum absolute atomic E-state index is 0.543. The van der Waals surface area contributed by atoms with Gasteiger partial charge < -0.3 is 5.32 Å². The Bertz CT molecular complexity index is 431. The highest BCUT2D eigenvalue weighted by Crippen LogP contribution is 2.36. The molecule has 1 aliphatic rings. The van der Waals surface area contributed by atoms with Crippen molar-refractivity contribution in [3.63, 3.8) is 0 Å². The topological polar surface area (TPSA) is 12.0 Å². The molecule has 0 amide bonds. The highest BCUT2D eigenvalue weighted by molar-refractivity contribution is 6.42. The van der Waals surface area contributed by atoms with Gasteiger partial charge in [-0.3, -0.25) is 0 Å². The predicted molar refractivity (Wildman–Crippen MR) is 85.2 cm³/mol. The van der Waals surface area contributed by atoms with Crippen molar-refractivity contribution in [3.05, 3.63) is 28.2 Å². The average molecular weight is 300 g/mol. The molecule has 1 N–H and O–H groups in total. The van der Waals surface area contributed by atoms with E-state index in [2.05, 4.69) is 26.1 Å². The Morgan fingerprint density at radius 3 is 2.53 bits per heavy atom. The fourth-order valence-electron chi connectivity index (χ4n) is 3.17. The van der Waals surface area contributed by atoms with Crippen LogP contribution in [0.4, 0.5) is 5.69 Å². The van der Waals surface area contributed by atoms with Gasteiger partial charge in [0.05, 0.1) is 10.0 Å². The lowest BCUT2D eigenvalue weighted by Crippen LogP contribution is -2.37. The molecule has 1 saturated carbocycles. The van der Waals surface area contributed by atoms with Crippen molar-refractivity contribution in [2.75, 3.05) is 5.32 Å². The summed E-state index contributed by atoms with van der Waals surface area (Å²) in [6.45, 7) is 6.99. The molecule has 1 nitrogen and oxygen atoms in total. The van der Waals surface area contributed by atoms with E-state index in [0.717, 1.165) is 17.5 Å². The maximum absolute atomic E-state index is 6.09. The molecule has 2 rings (SSSR count). The smallest absolute Gasteiger partial charge is 0.0612 e. The van der Waals surface area contributed by atoms with Gasteiger partial charge >= 0.3 is 0 Å². The van der Waals surface area contributed by atoms with Gasteiger partial charge in [0.15, 0.2) is 0 Å². The second kappa shape index (κ2) is 6.37. The highest BCUT2D eigenvalue weighted by atomic mass is 35.5. The molecule has 0 aromatic heterocycles. The zero-order valence-electron chi connectivity index (χ0n) is 11.9. The van der Waals surface area contributed by atoms with Crippen LogP contribution < -0.4 is 5.32 Å². The number of nitrogens with one attached hydrogen (secondary N) is 1. The lowest BCUT2D eigenvalue weighted by Gasteiger charge is -2.38. The van der Waals surface area contributed by atoms with Crippen LogP contribution in [-0.4, -0.2) is 6.04 Å². The summed E-state index contributed by atoms with van der Waals surface area (Å²) >= 11 is 12.1. The van der Waals surface area contributed by atoms with Gasteiger partial charge in [-0.15, -0.1) is 0 Å². The van der Waals surface area contributed by atoms with Gasteiger partial charge in [0.25, 0.3) is 0 Å². The number of anilines is 1. The van der Waals surface area contributed by atoms with Gasteiger partial charge in [0.1, 0.15) is 0 Å². The molecule has 1 fully saturated rings. The number of halogens is 2. The highest BCUT2D eigenvalue weighted by Gasteiger charge is 2.30. The standard InChI is InChI=1S/C16H23Cl2N/c1-10(2)13-6-4-11(3)8-16(13)19-12-5-7-14(17)15(18)9-12/h5,7,9-11,13,16,19H,4,6,8H2,1-3H3. The molecule has 1 aromatic carbocycles. The third kappa shape index (κ3) is 3.79. The van der Waals surface area contributed by atoms with Crippen LogP contribution in [-0.2, 0) is 0 Å². The summed E-state index contributed by atoms with van der Waals surface area (Å²) in [5.41, 5.74) is 1.08. The maximum Gasteiger partial charge on any atom is 0.0612 e. The van der Waals surface area contributed by atoms with Crippen LogP contribution >= 0.6 is 23.2 Å². The summed E-state index contributed by atoms with van der Waals surface area (Å²) < 4.78 is 0. The average Bonchev–Trinajstić information content (AvgIpc) is 2.33. The Labute approximate surface area is 126 Å². The van der Waals surface area contributed by atoms with Gasteiger partial charge in [-0.2, -0.15) is 0 Å². The molecule has 3 atom stereocenters. The van der Waals surface area contributed by atoms with E-state index in [0.29, 0.717) is 22.0 Å². The maximum atomic E-state index is 6.09. The van der Waals surface area contributed by atoms with Crippen molar-refractivity contribution < 1.29 is 0 Å². The van der Waals surface area contributed by atoms with Crippen LogP contribution in [0.5, 0.6) is 0 Å². The number of benzene rings is 1. The molecule has 0 bridgehead atoms. The van der Waals surface area contributed by atoms with Crippen LogP contribution in [0, 0.1) is 17.8 Å². The third-order valence-electron chi connectivity index (χ3n) is 4.29. The molecule has 0 spiro atoms. The second-order valence-corrected chi connectivity index (χ2v) is 7.02. The van der Waals surface area contributed by atoms with E-state index in [-0.39, 0.29) is 0 Å². The van der Waals surface area contributed by atoms with Crippen molar-refractivity contribution in [1.29, 1.82) is 0 Å². The zero-order valence-corrected chi connectivity index (χ0v) is 13.4. The molecule has 19 heavy (non-hydrogen) atoms. The number of rotatable bonds is 3. The van der Waals surface area contributed by atoms with Gasteiger partial charge in [0.2, 0.25) is 0 Å². The molecule has 0 aliphatic heterocycles. The van der Waals surface area contributed by atoms with E-state index in [1.165, 1.54) is 19.3 Å². The Balaban J connectivity index is 2.11.